The predicted octanol–water partition coefficient (Wildman–Crippen LogP) is 10.2. The Morgan fingerprint density at radius 1 is 0.956 bits per heavy atom. The summed E-state index contributed by atoms with van der Waals surface area (Å²) in [6, 6.07) is 12.3. The van der Waals surface area contributed by atoms with Gasteiger partial charge in [0.15, 0.2) is 0 Å². The SMILES string of the molecule is C=CCC(=CCC)C1CCCCCC2CC(C(C)C(C)C(c3cc(C4Cc5cccc(O)c5C4O)ccc3C)CC2=O)C2CC12. The van der Waals surface area contributed by atoms with Crippen LogP contribution in [0.4, 0.5) is 0 Å². The minimum atomic E-state index is -0.720. The second kappa shape index (κ2) is 13.6. The van der Waals surface area contributed by atoms with Gasteiger partial charge in [-0.3, -0.25) is 4.79 Å². The van der Waals surface area contributed by atoms with Gasteiger partial charge in [-0.1, -0.05) is 88.1 Å². The zero-order valence-electron chi connectivity index (χ0n) is 28.2. The average Bonchev–Trinajstić information content (AvgIpc) is 3.73. The van der Waals surface area contributed by atoms with E-state index in [1.165, 1.54) is 36.8 Å². The van der Waals surface area contributed by atoms with Gasteiger partial charge in [0, 0.05) is 23.8 Å². The molecule has 0 aromatic heterocycles. The van der Waals surface area contributed by atoms with Crippen molar-refractivity contribution < 1.29 is 15.0 Å². The van der Waals surface area contributed by atoms with Crippen LogP contribution in [0, 0.1) is 48.3 Å². The molecule has 6 rings (SSSR count). The number of aryl methyl sites for hydroxylation is 1. The fourth-order valence-corrected chi connectivity index (χ4v) is 10.1. The number of carbonyl (C=O) groups excluding carboxylic acids is 1. The van der Waals surface area contributed by atoms with Crippen molar-refractivity contribution in [2.24, 2.45) is 41.4 Å². The number of fused-ring (bicyclic) bond motifs is 5. The summed E-state index contributed by atoms with van der Waals surface area (Å²) in [5.74, 6) is 4.62. The van der Waals surface area contributed by atoms with Crippen LogP contribution in [-0.2, 0) is 11.2 Å². The molecule has 0 heterocycles. The van der Waals surface area contributed by atoms with E-state index in [1.54, 1.807) is 11.6 Å². The summed E-state index contributed by atoms with van der Waals surface area (Å²) >= 11 is 0. The first kappa shape index (κ1) is 32.3. The summed E-state index contributed by atoms with van der Waals surface area (Å²) in [5.41, 5.74) is 6.99. The summed E-state index contributed by atoms with van der Waals surface area (Å²) in [5, 5.41) is 21.9. The van der Waals surface area contributed by atoms with Gasteiger partial charge in [0.05, 0.1) is 6.10 Å². The van der Waals surface area contributed by atoms with Gasteiger partial charge in [0.2, 0.25) is 0 Å². The van der Waals surface area contributed by atoms with Crippen LogP contribution in [0.5, 0.6) is 5.75 Å². The molecular weight excluding hydrogens is 552 g/mol. The van der Waals surface area contributed by atoms with Gasteiger partial charge in [-0.05, 0) is 122 Å². The first-order valence-corrected chi connectivity index (χ1v) is 18.1. The molecule has 10 atom stereocenters. The molecule has 2 N–H and O–H groups in total. The number of aliphatic hydroxyl groups is 1. The Kier molecular flexibility index (Phi) is 9.76. The highest BCUT2D eigenvalue weighted by Crippen LogP contribution is 2.59. The molecule has 10 unspecified atom stereocenters. The van der Waals surface area contributed by atoms with Crippen LogP contribution in [-0.4, -0.2) is 16.0 Å². The molecule has 0 aliphatic heterocycles. The van der Waals surface area contributed by atoms with Crippen LogP contribution in [0.2, 0.25) is 0 Å². The standard InChI is InChI=1S/C42H56O3/c1-6-12-28(13-7-2)32-16-10-8-9-14-30-21-34(38-23-37(32)38)26(4)27(5)35(24-40(30)44)33-20-29(19-18-25(33)3)36-22-31-15-11-17-39(43)41(31)42(36)45/h6,11,13,15,17-20,26-27,30,32,34-38,42-43,45H,1,7-10,12,14,16,21-24H2,2-5H3. The van der Waals surface area contributed by atoms with Crippen LogP contribution in [0.1, 0.15) is 131 Å². The Hall–Kier alpha value is -2.65. The minimum absolute atomic E-state index is 0.0863. The highest BCUT2D eigenvalue weighted by atomic mass is 16.3. The molecule has 3 saturated carbocycles. The zero-order valence-corrected chi connectivity index (χ0v) is 28.2. The number of carbonyl (C=O) groups is 1. The van der Waals surface area contributed by atoms with E-state index >= 15 is 0 Å². The molecule has 3 fully saturated rings. The number of allylic oxidation sites excluding steroid dienone is 3. The Labute approximate surface area is 272 Å². The third-order valence-electron chi connectivity index (χ3n) is 12.8. The molecule has 0 spiro atoms. The molecule has 3 heteroatoms. The van der Waals surface area contributed by atoms with Crippen molar-refractivity contribution in [1.82, 2.24) is 0 Å². The first-order chi connectivity index (χ1) is 21.7. The number of hydrogen-bond donors (Lipinski definition) is 2. The van der Waals surface area contributed by atoms with Gasteiger partial charge >= 0.3 is 0 Å². The van der Waals surface area contributed by atoms with Crippen molar-refractivity contribution in [3.63, 3.8) is 0 Å². The molecule has 2 aromatic carbocycles. The molecule has 2 aromatic rings. The van der Waals surface area contributed by atoms with E-state index in [4.69, 9.17) is 0 Å². The first-order valence-electron chi connectivity index (χ1n) is 18.1. The van der Waals surface area contributed by atoms with Gasteiger partial charge in [0.25, 0.3) is 0 Å². The van der Waals surface area contributed by atoms with Crippen LogP contribution >= 0.6 is 0 Å². The Bertz CT molecular complexity index is 1420. The molecule has 0 amide bonds. The van der Waals surface area contributed by atoms with Crippen LogP contribution in [0.25, 0.3) is 0 Å². The van der Waals surface area contributed by atoms with E-state index in [0.29, 0.717) is 41.4 Å². The van der Waals surface area contributed by atoms with E-state index in [1.807, 2.05) is 12.1 Å². The molecule has 4 aliphatic carbocycles. The summed E-state index contributed by atoms with van der Waals surface area (Å²) in [6.45, 7) is 13.5. The maximum atomic E-state index is 14.2. The van der Waals surface area contributed by atoms with Crippen LogP contribution in [0.15, 0.2) is 60.7 Å². The summed E-state index contributed by atoms with van der Waals surface area (Å²) < 4.78 is 0. The second-order valence-electron chi connectivity index (χ2n) is 15.3. The van der Waals surface area contributed by atoms with E-state index < -0.39 is 6.10 Å². The fraction of sp³-hybridized carbons (Fsp3) is 0.595. The van der Waals surface area contributed by atoms with Crippen molar-refractivity contribution in [2.45, 2.75) is 116 Å². The molecule has 0 saturated heterocycles. The highest BCUT2D eigenvalue weighted by molar-refractivity contribution is 5.82. The van der Waals surface area contributed by atoms with Crippen molar-refractivity contribution in [3.05, 3.63) is 88.5 Å². The highest BCUT2D eigenvalue weighted by Gasteiger charge is 2.52. The Balaban J connectivity index is 1.31. The molecular formula is C42H56O3. The molecule has 2 bridgehead atoms. The minimum Gasteiger partial charge on any atom is -0.508 e. The number of ketones is 1. The lowest BCUT2D eigenvalue weighted by Gasteiger charge is -2.40. The third kappa shape index (κ3) is 6.36. The van der Waals surface area contributed by atoms with Gasteiger partial charge in [-0.2, -0.15) is 0 Å². The van der Waals surface area contributed by atoms with E-state index in [9.17, 15) is 15.0 Å². The maximum Gasteiger partial charge on any atom is 0.136 e. The molecule has 0 radical (unpaired) electrons. The van der Waals surface area contributed by atoms with Crippen molar-refractivity contribution in [2.75, 3.05) is 0 Å². The Morgan fingerprint density at radius 2 is 1.76 bits per heavy atom. The van der Waals surface area contributed by atoms with E-state index in [0.717, 1.165) is 61.5 Å². The van der Waals surface area contributed by atoms with Crippen LogP contribution < -0.4 is 0 Å². The number of phenols is 1. The Morgan fingerprint density at radius 3 is 2.51 bits per heavy atom. The zero-order chi connectivity index (χ0) is 31.8. The van der Waals surface area contributed by atoms with E-state index in [2.05, 4.69) is 64.6 Å². The monoisotopic (exact) mass is 608 g/mol. The fourth-order valence-electron chi connectivity index (χ4n) is 10.1. The van der Waals surface area contributed by atoms with Gasteiger partial charge in [-0.15, -0.1) is 6.58 Å². The largest absolute Gasteiger partial charge is 0.508 e. The summed E-state index contributed by atoms with van der Waals surface area (Å²) in [4.78, 5) is 14.2. The summed E-state index contributed by atoms with van der Waals surface area (Å²) in [7, 11) is 0. The topological polar surface area (TPSA) is 57.5 Å². The molecule has 242 valence electrons. The number of phenolic OH excluding ortho intramolecular Hbond substituents is 1. The number of Topliss-reactive ketones (excluding diaryl/α,β-unsaturated/α-hetero) is 1. The number of benzene rings is 2. The number of hydrogen-bond acceptors (Lipinski definition) is 3. The lowest BCUT2D eigenvalue weighted by Crippen LogP contribution is -2.35. The van der Waals surface area contributed by atoms with Gasteiger partial charge < -0.3 is 10.2 Å². The normalized spacial score (nSPS) is 35.4. The van der Waals surface area contributed by atoms with Crippen molar-refractivity contribution >= 4 is 5.78 Å². The van der Waals surface area contributed by atoms with E-state index in [-0.39, 0.29) is 23.5 Å². The number of rotatable bonds is 6. The number of aliphatic hydroxyl groups excluding tert-OH is 1. The van der Waals surface area contributed by atoms with Gasteiger partial charge in [0.1, 0.15) is 11.5 Å². The maximum absolute atomic E-state index is 14.2. The predicted molar refractivity (Wildman–Crippen MR) is 184 cm³/mol. The molecule has 3 nitrogen and oxygen atoms in total. The summed E-state index contributed by atoms with van der Waals surface area (Å²) in [6.07, 6.45) is 15.7. The van der Waals surface area contributed by atoms with Crippen LogP contribution in [0.3, 0.4) is 0 Å². The lowest BCUT2D eigenvalue weighted by atomic mass is 9.64. The smallest absolute Gasteiger partial charge is 0.136 e. The van der Waals surface area contributed by atoms with Crippen molar-refractivity contribution in [1.29, 1.82) is 0 Å². The number of aromatic hydroxyl groups is 1. The third-order valence-corrected chi connectivity index (χ3v) is 12.8. The lowest BCUT2D eigenvalue weighted by molar-refractivity contribution is -0.125. The second-order valence-corrected chi connectivity index (χ2v) is 15.3. The van der Waals surface area contributed by atoms with Crippen molar-refractivity contribution in [3.8, 4) is 5.75 Å². The molecule has 45 heavy (non-hydrogen) atoms. The average molecular weight is 609 g/mol. The van der Waals surface area contributed by atoms with Gasteiger partial charge in [-0.25, -0.2) is 0 Å². The quantitative estimate of drug-likeness (QED) is 0.321. The molecule has 4 aliphatic rings.